The van der Waals surface area contributed by atoms with Gasteiger partial charge in [-0.05, 0) is 6.07 Å². The average molecular weight is 275 g/mol. The molecule has 0 bridgehead atoms. The average Bonchev–Trinajstić information content (AvgIpc) is 2.35. The Morgan fingerprint density at radius 2 is 1.63 bits per heavy atom. The van der Waals surface area contributed by atoms with Gasteiger partial charge in [0.15, 0.2) is 12.6 Å². The molecule has 1 aromatic rings. The quantitative estimate of drug-likeness (QED) is 0.306. The van der Waals surface area contributed by atoms with Gasteiger partial charge in [-0.15, -0.1) is 0 Å². The van der Waals surface area contributed by atoms with Crippen molar-refractivity contribution in [2.45, 2.75) is 37.3 Å². The fraction of sp³-hybridized carbons (Fsp3) is 0.545. The fourth-order valence-electron chi connectivity index (χ4n) is 1.70. The topological polar surface area (TPSA) is 143 Å². The Hall–Kier alpha value is -1.29. The van der Waals surface area contributed by atoms with Crippen LogP contribution in [0.1, 0.15) is 12.5 Å². The molecule has 0 aromatic carbocycles. The molecule has 0 radical (unpaired) electrons. The van der Waals surface area contributed by atoms with Crippen LogP contribution in [0.2, 0.25) is 0 Å². The van der Waals surface area contributed by atoms with Gasteiger partial charge in [0, 0.05) is 18.7 Å². The van der Waals surface area contributed by atoms with Gasteiger partial charge in [0.05, 0.1) is 6.04 Å². The monoisotopic (exact) mass is 275 g/mol. The third-order valence-electron chi connectivity index (χ3n) is 2.74. The van der Waals surface area contributed by atoms with Crippen LogP contribution in [0.4, 0.5) is 0 Å². The first-order valence-corrected chi connectivity index (χ1v) is 5.60. The van der Waals surface area contributed by atoms with Crippen LogP contribution in [0, 0.1) is 0 Å². The molecule has 3 atom stereocenters. The van der Waals surface area contributed by atoms with Crippen LogP contribution in [0.25, 0.3) is 0 Å². The summed E-state index contributed by atoms with van der Waals surface area (Å²) in [4.78, 5) is 11.6. The number of nitrogens with zero attached hydrogens (tertiary/aromatic N) is 1. The Kier molecular flexibility index (Phi) is 5.60. The van der Waals surface area contributed by atoms with Gasteiger partial charge < -0.3 is 35.2 Å². The molecule has 1 heterocycles. The van der Waals surface area contributed by atoms with E-state index in [-0.39, 0.29) is 0 Å². The van der Waals surface area contributed by atoms with Crippen LogP contribution in [0.15, 0.2) is 29.2 Å². The summed E-state index contributed by atoms with van der Waals surface area (Å²) in [5.41, 5.74) is -0.535. The second-order valence-corrected chi connectivity index (χ2v) is 4.13. The lowest BCUT2D eigenvalue weighted by atomic mass is 10.0. The lowest BCUT2D eigenvalue weighted by Gasteiger charge is -2.28. The number of hydrogen-bond donors (Lipinski definition) is 6. The van der Waals surface area contributed by atoms with Gasteiger partial charge in [-0.1, -0.05) is 6.07 Å². The van der Waals surface area contributed by atoms with Crippen molar-refractivity contribution in [3.05, 3.63) is 34.7 Å². The first-order chi connectivity index (χ1) is 8.84. The van der Waals surface area contributed by atoms with E-state index < -0.39 is 42.8 Å². The zero-order chi connectivity index (χ0) is 14.6. The SMILES string of the molecule is O=c1ccccn1C(CC(O)C(O)O)C(O)C(O)O. The number of pyridine rings is 1. The van der Waals surface area contributed by atoms with Crippen LogP contribution in [-0.4, -0.2) is 60.0 Å². The molecule has 0 aliphatic carbocycles. The number of aliphatic hydroxyl groups excluding tert-OH is 4. The van der Waals surface area contributed by atoms with E-state index in [1.807, 2.05) is 0 Å². The van der Waals surface area contributed by atoms with Gasteiger partial charge in [-0.25, -0.2) is 0 Å². The number of aromatic nitrogens is 1. The zero-order valence-electron chi connectivity index (χ0n) is 9.94. The minimum absolute atomic E-state index is 0.444. The van der Waals surface area contributed by atoms with E-state index >= 15 is 0 Å². The van der Waals surface area contributed by atoms with Gasteiger partial charge in [-0.2, -0.15) is 0 Å². The summed E-state index contributed by atoms with van der Waals surface area (Å²) in [5, 5.41) is 54.6. The summed E-state index contributed by atoms with van der Waals surface area (Å²) in [6.07, 6.45) is -6.78. The van der Waals surface area contributed by atoms with E-state index in [9.17, 15) is 15.0 Å². The first-order valence-electron chi connectivity index (χ1n) is 5.60. The van der Waals surface area contributed by atoms with Crippen LogP contribution in [-0.2, 0) is 0 Å². The smallest absolute Gasteiger partial charge is 0.250 e. The molecule has 0 aliphatic heterocycles. The molecule has 0 saturated carbocycles. The van der Waals surface area contributed by atoms with E-state index in [2.05, 4.69) is 0 Å². The minimum atomic E-state index is -2.14. The Balaban J connectivity index is 3.06. The Labute approximate surface area is 108 Å². The van der Waals surface area contributed by atoms with Crippen molar-refractivity contribution in [1.82, 2.24) is 4.57 Å². The molecule has 1 aromatic heterocycles. The van der Waals surface area contributed by atoms with Crippen LogP contribution in [0.5, 0.6) is 0 Å². The predicted octanol–water partition coefficient (Wildman–Crippen LogP) is -2.88. The summed E-state index contributed by atoms with van der Waals surface area (Å²) in [7, 11) is 0. The molecule has 0 aliphatic rings. The van der Waals surface area contributed by atoms with E-state index in [1.165, 1.54) is 24.4 Å². The third kappa shape index (κ3) is 4.10. The van der Waals surface area contributed by atoms with Crippen molar-refractivity contribution in [2.24, 2.45) is 0 Å². The maximum Gasteiger partial charge on any atom is 0.250 e. The lowest BCUT2D eigenvalue weighted by Crippen LogP contribution is -2.42. The summed E-state index contributed by atoms with van der Waals surface area (Å²) in [6.45, 7) is 0. The van der Waals surface area contributed by atoms with Gasteiger partial charge in [0.1, 0.15) is 12.2 Å². The molecule has 6 N–H and O–H groups in total. The summed E-state index contributed by atoms with van der Waals surface area (Å²) >= 11 is 0. The maximum absolute atomic E-state index is 11.6. The standard InChI is InChI=1S/C11H17NO7/c13-7(10(16)17)5-6(9(15)11(18)19)12-4-2-1-3-8(12)14/h1-4,6-7,9-11,13,15-19H,5H2. The normalized spacial score (nSPS) is 16.6. The molecule has 1 rings (SSSR count). The molecule has 8 nitrogen and oxygen atoms in total. The van der Waals surface area contributed by atoms with Crippen molar-refractivity contribution in [3.63, 3.8) is 0 Å². The first kappa shape index (κ1) is 15.8. The van der Waals surface area contributed by atoms with Crippen molar-refractivity contribution >= 4 is 0 Å². The lowest BCUT2D eigenvalue weighted by molar-refractivity contribution is -0.158. The second kappa shape index (κ2) is 6.75. The molecule has 0 fully saturated rings. The largest absolute Gasteiger partial charge is 0.388 e. The molecular weight excluding hydrogens is 258 g/mol. The molecule has 3 unspecified atom stereocenters. The molecule has 8 heteroatoms. The van der Waals surface area contributed by atoms with E-state index in [4.69, 9.17) is 20.4 Å². The fourth-order valence-corrected chi connectivity index (χ4v) is 1.70. The Morgan fingerprint density at radius 1 is 1.00 bits per heavy atom. The van der Waals surface area contributed by atoms with Crippen molar-refractivity contribution in [1.29, 1.82) is 0 Å². The number of aliphatic hydroxyl groups is 6. The number of rotatable bonds is 6. The molecular formula is C11H17NO7. The van der Waals surface area contributed by atoms with Gasteiger partial charge in [0.25, 0.3) is 5.56 Å². The summed E-state index contributed by atoms with van der Waals surface area (Å²) in [5.74, 6) is 0. The van der Waals surface area contributed by atoms with E-state index in [0.717, 1.165) is 4.57 Å². The van der Waals surface area contributed by atoms with Crippen LogP contribution < -0.4 is 5.56 Å². The molecule has 0 spiro atoms. The highest BCUT2D eigenvalue weighted by Gasteiger charge is 2.30. The van der Waals surface area contributed by atoms with Crippen molar-refractivity contribution < 1.29 is 30.6 Å². The molecule has 0 amide bonds. The number of hydrogen-bond acceptors (Lipinski definition) is 7. The summed E-state index contributed by atoms with van der Waals surface area (Å²) in [6, 6.07) is 2.90. The second-order valence-electron chi connectivity index (χ2n) is 4.13. The van der Waals surface area contributed by atoms with Crippen molar-refractivity contribution in [2.75, 3.05) is 0 Å². The third-order valence-corrected chi connectivity index (χ3v) is 2.74. The zero-order valence-corrected chi connectivity index (χ0v) is 9.94. The Morgan fingerprint density at radius 3 is 2.11 bits per heavy atom. The molecule has 108 valence electrons. The van der Waals surface area contributed by atoms with E-state index in [0.29, 0.717) is 0 Å². The Bertz CT molecular complexity index is 445. The predicted molar refractivity (Wildman–Crippen MR) is 62.8 cm³/mol. The van der Waals surface area contributed by atoms with Gasteiger partial charge in [0.2, 0.25) is 0 Å². The van der Waals surface area contributed by atoms with Crippen LogP contribution >= 0.6 is 0 Å². The van der Waals surface area contributed by atoms with Gasteiger partial charge in [-0.3, -0.25) is 4.79 Å². The molecule has 0 saturated heterocycles. The summed E-state index contributed by atoms with van der Waals surface area (Å²) < 4.78 is 0.982. The van der Waals surface area contributed by atoms with Crippen molar-refractivity contribution in [3.8, 4) is 0 Å². The van der Waals surface area contributed by atoms with Gasteiger partial charge >= 0.3 is 0 Å². The molecule has 19 heavy (non-hydrogen) atoms. The highest BCUT2D eigenvalue weighted by Crippen LogP contribution is 2.19. The highest BCUT2D eigenvalue weighted by atomic mass is 16.5. The van der Waals surface area contributed by atoms with E-state index in [1.54, 1.807) is 0 Å². The minimum Gasteiger partial charge on any atom is -0.388 e. The highest BCUT2D eigenvalue weighted by molar-refractivity contribution is 4.97. The van der Waals surface area contributed by atoms with Crippen LogP contribution in [0.3, 0.4) is 0 Å². The maximum atomic E-state index is 11.6.